The van der Waals surface area contributed by atoms with Crippen LogP contribution in [0.5, 0.6) is 5.88 Å². The molecule has 3 rings (SSSR count). The van der Waals surface area contributed by atoms with Crippen molar-refractivity contribution in [2.75, 3.05) is 29.7 Å². The Morgan fingerprint density at radius 3 is 3.05 bits per heavy atom. The number of nitrogens with zero attached hydrogens (tertiary/aromatic N) is 2. The van der Waals surface area contributed by atoms with Crippen LogP contribution in [0, 0.1) is 0 Å². The normalized spacial score (nSPS) is 27.5. The second-order valence-electron chi connectivity index (χ2n) is 5.34. The van der Waals surface area contributed by atoms with Gasteiger partial charge in [-0.05, 0) is 13.0 Å². The smallest absolute Gasteiger partial charge is 0.248 e. The molecule has 3 heterocycles. The van der Waals surface area contributed by atoms with E-state index in [1.54, 1.807) is 46.8 Å². The maximum Gasteiger partial charge on any atom is 0.248 e. The van der Waals surface area contributed by atoms with Gasteiger partial charge < -0.3 is 15.0 Å². The Bertz CT molecular complexity index is 596. The molecule has 6 nitrogen and oxygen atoms in total. The number of pyridine rings is 1. The Labute approximate surface area is 137 Å². The van der Waals surface area contributed by atoms with Crippen LogP contribution < -0.4 is 10.1 Å². The predicted molar refractivity (Wildman–Crippen MR) is 88.2 cm³/mol. The Morgan fingerprint density at radius 2 is 2.36 bits per heavy atom. The number of thioether (sulfide) groups is 2. The molecule has 2 saturated heterocycles. The number of aromatic nitrogens is 1. The molecular formula is C14H17N3O3S2. The van der Waals surface area contributed by atoms with Crippen LogP contribution in [-0.2, 0) is 9.59 Å². The van der Waals surface area contributed by atoms with Crippen LogP contribution in [-0.4, -0.2) is 57.0 Å². The van der Waals surface area contributed by atoms with Crippen LogP contribution in [0.2, 0.25) is 0 Å². The van der Waals surface area contributed by atoms with Crippen molar-refractivity contribution >= 4 is 41.0 Å². The molecule has 0 bridgehead atoms. The zero-order chi connectivity index (χ0) is 15.7. The Hall–Kier alpha value is -1.41. The lowest BCUT2D eigenvalue weighted by Crippen LogP contribution is -2.56. The molecular weight excluding hydrogens is 322 g/mol. The molecule has 0 unspecified atom stereocenters. The highest BCUT2D eigenvalue weighted by Gasteiger charge is 2.51. The Kier molecular flexibility index (Phi) is 4.22. The molecule has 2 amide bonds. The van der Waals surface area contributed by atoms with Gasteiger partial charge in [0.1, 0.15) is 6.04 Å². The average Bonchev–Trinajstić information content (AvgIpc) is 2.87. The summed E-state index contributed by atoms with van der Waals surface area (Å²) in [6.07, 6.45) is 1.55. The number of ether oxygens (including phenoxy) is 1. The summed E-state index contributed by atoms with van der Waals surface area (Å²) in [5, 5.41) is 2.83. The first-order chi connectivity index (χ1) is 10.5. The van der Waals surface area contributed by atoms with Gasteiger partial charge in [0, 0.05) is 17.6 Å². The van der Waals surface area contributed by atoms with E-state index in [1.807, 2.05) is 6.92 Å². The summed E-state index contributed by atoms with van der Waals surface area (Å²) in [4.78, 5) is 30.3. The van der Waals surface area contributed by atoms with Gasteiger partial charge in [-0.3, -0.25) is 9.59 Å². The molecule has 0 aromatic carbocycles. The SMILES string of the molecule is COc1ccc(NC(=O)[C@@H]2CS[C@@]3(C)CSCC(=O)N23)cn1. The molecule has 1 aromatic rings. The molecule has 0 radical (unpaired) electrons. The summed E-state index contributed by atoms with van der Waals surface area (Å²) in [6.45, 7) is 2.03. The maximum absolute atomic E-state index is 12.5. The van der Waals surface area contributed by atoms with Crippen LogP contribution in [0.1, 0.15) is 6.92 Å². The van der Waals surface area contributed by atoms with Gasteiger partial charge in [0.25, 0.3) is 0 Å². The molecule has 118 valence electrons. The molecule has 2 atom stereocenters. The number of nitrogens with one attached hydrogen (secondary N) is 1. The van der Waals surface area contributed by atoms with Crippen LogP contribution >= 0.6 is 23.5 Å². The minimum Gasteiger partial charge on any atom is -0.481 e. The fraction of sp³-hybridized carbons (Fsp3) is 0.500. The van der Waals surface area contributed by atoms with E-state index in [-0.39, 0.29) is 16.7 Å². The monoisotopic (exact) mass is 339 g/mol. The minimum atomic E-state index is -0.425. The number of fused-ring (bicyclic) bond motifs is 1. The predicted octanol–water partition coefficient (Wildman–Crippen LogP) is 1.44. The van der Waals surface area contributed by atoms with Gasteiger partial charge in [-0.15, -0.1) is 23.5 Å². The lowest BCUT2D eigenvalue weighted by Gasteiger charge is -2.40. The lowest BCUT2D eigenvalue weighted by atomic mass is 10.2. The van der Waals surface area contributed by atoms with Gasteiger partial charge >= 0.3 is 0 Å². The van der Waals surface area contributed by atoms with E-state index in [9.17, 15) is 9.59 Å². The summed E-state index contributed by atoms with van der Waals surface area (Å²) in [6, 6.07) is 3.00. The number of carbonyl (C=O) groups is 2. The number of carbonyl (C=O) groups excluding carboxylic acids is 2. The third-order valence-corrected chi connectivity index (χ3v) is 6.60. The van der Waals surface area contributed by atoms with Gasteiger partial charge in [0.2, 0.25) is 17.7 Å². The van der Waals surface area contributed by atoms with E-state index in [2.05, 4.69) is 10.3 Å². The number of amides is 2. The summed E-state index contributed by atoms with van der Waals surface area (Å²) < 4.78 is 4.99. The topological polar surface area (TPSA) is 71.5 Å². The van der Waals surface area contributed by atoms with Gasteiger partial charge in [-0.2, -0.15) is 0 Å². The van der Waals surface area contributed by atoms with Crippen molar-refractivity contribution < 1.29 is 14.3 Å². The highest BCUT2D eigenvalue weighted by Crippen LogP contribution is 2.44. The molecule has 22 heavy (non-hydrogen) atoms. The fourth-order valence-corrected chi connectivity index (χ4v) is 5.37. The second-order valence-corrected chi connectivity index (χ2v) is 7.82. The third-order valence-electron chi connectivity index (χ3n) is 3.75. The zero-order valence-corrected chi connectivity index (χ0v) is 14.0. The highest BCUT2D eigenvalue weighted by atomic mass is 32.2. The molecule has 0 saturated carbocycles. The second kappa shape index (κ2) is 6.00. The first-order valence-electron chi connectivity index (χ1n) is 6.88. The standard InChI is InChI=1S/C14H17N3O3S2/c1-14-8-21-7-12(18)17(14)10(6-22-14)13(19)16-9-3-4-11(20-2)15-5-9/h3-5,10H,6-8H2,1-2H3,(H,16,19)/t10-,14-/m0/s1. The first-order valence-corrected chi connectivity index (χ1v) is 9.02. The number of hydrogen-bond donors (Lipinski definition) is 1. The van der Waals surface area contributed by atoms with Crippen molar-refractivity contribution in [3.05, 3.63) is 18.3 Å². The van der Waals surface area contributed by atoms with Crippen molar-refractivity contribution in [3.8, 4) is 5.88 Å². The van der Waals surface area contributed by atoms with E-state index >= 15 is 0 Å². The van der Waals surface area contributed by atoms with Crippen LogP contribution in [0.25, 0.3) is 0 Å². The van der Waals surface area contributed by atoms with Crippen molar-refractivity contribution in [3.63, 3.8) is 0 Å². The van der Waals surface area contributed by atoms with Crippen LogP contribution in [0.4, 0.5) is 5.69 Å². The average molecular weight is 339 g/mol. The largest absolute Gasteiger partial charge is 0.481 e. The van der Waals surface area contributed by atoms with E-state index in [0.29, 0.717) is 23.1 Å². The molecule has 1 N–H and O–H groups in total. The van der Waals surface area contributed by atoms with Gasteiger partial charge in [0.15, 0.2) is 0 Å². The maximum atomic E-state index is 12.5. The fourth-order valence-electron chi connectivity index (χ4n) is 2.67. The lowest BCUT2D eigenvalue weighted by molar-refractivity contribution is -0.138. The van der Waals surface area contributed by atoms with Gasteiger partial charge in [0.05, 0.1) is 29.6 Å². The number of methoxy groups -OCH3 is 1. The Morgan fingerprint density at radius 1 is 1.55 bits per heavy atom. The van der Waals surface area contributed by atoms with Gasteiger partial charge in [-0.1, -0.05) is 0 Å². The summed E-state index contributed by atoms with van der Waals surface area (Å²) in [7, 11) is 1.54. The van der Waals surface area contributed by atoms with E-state index in [1.165, 1.54) is 7.11 Å². The molecule has 2 aliphatic heterocycles. The van der Waals surface area contributed by atoms with Crippen molar-refractivity contribution in [1.29, 1.82) is 0 Å². The summed E-state index contributed by atoms with van der Waals surface area (Å²) in [5.41, 5.74) is 0.600. The van der Waals surface area contributed by atoms with Crippen molar-refractivity contribution in [2.45, 2.75) is 17.8 Å². The summed E-state index contributed by atoms with van der Waals surface area (Å²) in [5.74, 6) is 2.30. The van der Waals surface area contributed by atoms with Crippen molar-refractivity contribution in [2.24, 2.45) is 0 Å². The molecule has 8 heteroatoms. The van der Waals surface area contributed by atoms with Crippen LogP contribution in [0.3, 0.4) is 0 Å². The summed E-state index contributed by atoms with van der Waals surface area (Å²) >= 11 is 3.31. The molecule has 2 aliphatic rings. The highest BCUT2D eigenvalue weighted by molar-refractivity contribution is 8.04. The van der Waals surface area contributed by atoms with Crippen molar-refractivity contribution in [1.82, 2.24) is 9.88 Å². The molecule has 0 spiro atoms. The molecule has 2 fully saturated rings. The molecule has 0 aliphatic carbocycles. The van der Waals surface area contributed by atoms with E-state index < -0.39 is 6.04 Å². The zero-order valence-electron chi connectivity index (χ0n) is 12.4. The third kappa shape index (κ3) is 2.77. The number of rotatable bonds is 3. The quantitative estimate of drug-likeness (QED) is 0.898. The van der Waals surface area contributed by atoms with Gasteiger partial charge in [-0.25, -0.2) is 4.98 Å². The van der Waals surface area contributed by atoms with E-state index in [4.69, 9.17) is 4.74 Å². The number of anilines is 1. The Balaban J connectivity index is 1.73. The van der Waals surface area contributed by atoms with Crippen LogP contribution in [0.15, 0.2) is 18.3 Å². The molecule has 1 aromatic heterocycles. The van der Waals surface area contributed by atoms with E-state index in [0.717, 1.165) is 5.75 Å². The number of hydrogen-bond acceptors (Lipinski definition) is 6. The first kappa shape index (κ1) is 15.5. The minimum absolute atomic E-state index is 0.0387.